The summed E-state index contributed by atoms with van der Waals surface area (Å²) in [5.41, 5.74) is 2.10. The molecule has 1 aliphatic carbocycles. The number of allylic oxidation sites excluding steroid dienone is 2. The number of nitrogens with one attached hydrogen (secondary N) is 1. The van der Waals surface area contributed by atoms with Crippen molar-refractivity contribution in [3.8, 4) is 0 Å². The van der Waals surface area contributed by atoms with E-state index in [1.165, 1.54) is 19.3 Å². The standard InChI is InChI=1S/C18H26N4O/c1-13-8-7-9-15-14(12-16(13)23-3)17(19-2)21-18(20-15)22-10-5-4-6-11-22/h7-8,12-13H,4-6,9-11H2,1-3H3,(H,19,20,21)/b8-7-,16-12+. The van der Waals surface area contributed by atoms with E-state index in [0.717, 1.165) is 48.3 Å². The Hall–Kier alpha value is -2.04. The highest BCUT2D eigenvalue weighted by Crippen LogP contribution is 2.29. The summed E-state index contributed by atoms with van der Waals surface area (Å²) in [6, 6.07) is 0. The number of anilines is 2. The zero-order valence-electron chi connectivity index (χ0n) is 14.3. The minimum Gasteiger partial charge on any atom is -0.500 e. The Bertz CT molecular complexity index is 618. The fraction of sp³-hybridized carbons (Fsp3) is 0.556. The van der Waals surface area contributed by atoms with Crippen molar-refractivity contribution in [1.82, 2.24) is 9.97 Å². The van der Waals surface area contributed by atoms with Gasteiger partial charge in [0.2, 0.25) is 5.95 Å². The lowest BCUT2D eigenvalue weighted by Crippen LogP contribution is -2.31. The topological polar surface area (TPSA) is 50.3 Å². The Morgan fingerprint density at radius 3 is 2.70 bits per heavy atom. The zero-order valence-corrected chi connectivity index (χ0v) is 14.3. The number of rotatable bonds is 3. The van der Waals surface area contributed by atoms with E-state index in [-0.39, 0.29) is 5.92 Å². The molecule has 1 unspecified atom stereocenters. The third-order valence-electron chi connectivity index (χ3n) is 4.60. The van der Waals surface area contributed by atoms with Crippen LogP contribution in [0.25, 0.3) is 6.08 Å². The molecule has 2 heterocycles. The normalized spacial score (nSPS) is 24.7. The molecule has 23 heavy (non-hydrogen) atoms. The van der Waals surface area contributed by atoms with Gasteiger partial charge in [0.15, 0.2) is 0 Å². The summed E-state index contributed by atoms with van der Waals surface area (Å²) in [5, 5.41) is 3.24. The van der Waals surface area contributed by atoms with Crippen molar-refractivity contribution in [2.24, 2.45) is 5.92 Å². The Labute approximate surface area is 138 Å². The van der Waals surface area contributed by atoms with Crippen molar-refractivity contribution in [2.75, 3.05) is 37.5 Å². The second kappa shape index (κ2) is 7.02. The number of hydrogen-bond acceptors (Lipinski definition) is 5. The predicted octanol–water partition coefficient (Wildman–Crippen LogP) is 3.24. The molecule has 1 saturated heterocycles. The third-order valence-corrected chi connectivity index (χ3v) is 4.60. The van der Waals surface area contributed by atoms with Crippen LogP contribution in [0, 0.1) is 5.92 Å². The van der Waals surface area contributed by atoms with Crippen LogP contribution in [0.5, 0.6) is 0 Å². The molecule has 0 aromatic carbocycles. The van der Waals surface area contributed by atoms with E-state index in [1.807, 2.05) is 7.05 Å². The highest BCUT2D eigenvalue weighted by atomic mass is 16.5. The van der Waals surface area contributed by atoms with Gasteiger partial charge in [0.1, 0.15) is 11.6 Å². The minimum absolute atomic E-state index is 0.264. The van der Waals surface area contributed by atoms with Gasteiger partial charge < -0.3 is 15.0 Å². The summed E-state index contributed by atoms with van der Waals surface area (Å²) in [4.78, 5) is 11.9. The van der Waals surface area contributed by atoms with Gasteiger partial charge in [-0.3, -0.25) is 0 Å². The molecule has 1 aromatic rings. The molecule has 1 aliphatic heterocycles. The molecule has 0 radical (unpaired) electrons. The lowest BCUT2D eigenvalue weighted by atomic mass is 10.0. The highest BCUT2D eigenvalue weighted by molar-refractivity contribution is 5.68. The number of methoxy groups -OCH3 is 1. The highest BCUT2D eigenvalue weighted by Gasteiger charge is 2.20. The van der Waals surface area contributed by atoms with Crippen molar-refractivity contribution in [2.45, 2.75) is 32.6 Å². The quantitative estimate of drug-likeness (QED) is 0.868. The first-order chi connectivity index (χ1) is 11.2. The van der Waals surface area contributed by atoms with Gasteiger partial charge in [0.25, 0.3) is 0 Å². The number of ether oxygens (including phenoxy) is 1. The first kappa shape index (κ1) is 15.8. The van der Waals surface area contributed by atoms with Crippen molar-refractivity contribution in [3.05, 3.63) is 29.2 Å². The van der Waals surface area contributed by atoms with Crippen LogP contribution in [-0.4, -0.2) is 37.2 Å². The van der Waals surface area contributed by atoms with Crippen LogP contribution in [0.3, 0.4) is 0 Å². The molecule has 1 N–H and O–H groups in total. The minimum atomic E-state index is 0.264. The van der Waals surface area contributed by atoms with E-state index in [2.05, 4.69) is 35.4 Å². The zero-order chi connectivity index (χ0) is 16.2. The number of piperidine rings is 1. The third kappa shape index (κ3) is 3.33. The van der Waals surface area contributed by atoms with E-state index in [1.54, 1.807) is 7.11 Å². The molecule has 0 spiro atoms. The fourth-order valence-electron chi connectivity index (χ4n) is 3.23. The van der Waals surface area contributed by atoms with Gasteiger partial charge in [0.05, 0.1) is 12.8 Å². The van der Waals surface area contributed by atoms with E-state index >= 15 is 0 Å². The smallest absolute Gasteiger partial charge is 0.227 e. The fourth-order valence-corrected chi connectivity index (χ4v) is 3.23. The second-order valence-electron chi connectivity index (χ2n) is 6.20. The molecular weight excluding hydrogens is 288 g/mol. The van der Waals surface area contributed by atoms with Crippen LogP contribution in [-0.2, 0) is 11.2 Å². The monoisotopic (exact) mass is 314 g/mol. The predicted molar refractivity (Wildman–Crippen MR) is 94.6 cm³/mol. The molecule has 1 atom stereocenters. The second-order valence-corrected chi connectivity index (χ2v) is 6.20. The lowest BCUT2D eigenvalue weighted by molar-refractivity contribution is 0.266. The largest absolute Gasteiger partial charge is 0.500 e. The van der Waals surface area contributed by atoms with Crippen molar-refractivity contribution in [1.29, 1.82) is 0 Å². The number of aromatic nitrogens is 2. The summed E-state index contributed by atoms with van der Waals surface area (Å²) in [7, 11) is 3.64. The average Bonchev–Trinajstić information content (AvgIpc) is 2.58. The van der Waals surface area contributed by atoms with Crippen LogP contribution >= 0.6 is 0 Å². The molecule has 3 rings (SSSR count). The molecule has 0 bridgehead atoms. The molecule has 2 aliphatic rings. The number of hydrogen-bond donors (Lipinski definition) is 1. The van der Waals surface area contributed by atoms with Gasteiger partial charge in [-0.15, -0.1) is 0 Å². The molecule has 1 aromatic heterocycles. The van der Waals surface area contributed by atoms with Gasteiger partial charge in [-0.2, -0.15) is 4.98 Å². The van der Waals surface area contributed by atoms with Crippen LogP contribution < -0.4 is 10.2 Å². The Morgan fingerprint density at radius 2 is 2.00 bits per heavy atom. The molecule has 0 amide bonds. The SMILES string of the molecule is CNc1nc(N2CCCCC2)nc2c1/C=C(/OC)C(C)/C=C\C2. The molecule has 5 heteroatoms. The first-order valence-electron chi connectivity index (χ1n) is 8.48. The number of nitrogens with zero attached hydrogens (tertiary/aromatic N) is 3. The average molecular weight is 314 g/mol. The van der Waals surface area contributed by atoms with Crippen molar-refractivity contribution >= 4 is 17.8 Å². The molecule has 5 nitrogen and oxygen atoms in total. The molecule has 1 fully saturated rings. The summed E-state index contributed by atoms with van der Waals surface area (Å²) in [6.45, 7) is 4.24. The molecule has 0 saturated carbocycles. The number of fused-ring (bicyclic) bond motifs is 1. The summed E-state index contributed by atoms with van der Waals surface area (Å²) in [6.07, 6.45) is 11.0. The maximum absolute atomic E-state index is 5.56. The van der Waals surface area contributed by atoms with Crippen LogP contribution in [0.15, 0.2) is 17.9 Å². The van der Waals surface area contributed by atoms with Crippen molar-refractivity contribution < 1.29 is 4.74 Å². The van der Waals surface area contributed by atoms with Crippen molar-refractivity contribution in [3.63, 3.8) is 0 Å². The lowest BCUT2D eigenvalue weighted by Gasteiger charge is -2.28. The Morgan fingerprint density at radius 1 is 1.22 bits per heavy atom. The van der Waals surface area contributed by atoms with E-state index in [9.17, 15) is 0 Å². The van der Waals surface area contributed by atoms with Gasteiger partial charge in [-0.25, -0.2) is 4.98 Å². The summed E-state index contributed by atoms with van der Waals surface area (Å²) < 4.78 is 5.56. The molecular formula is C18H26N4O. The van der Waals surface area contributed by atoms with Crippen LogP contribution in [0.1, 0.15) is 37.4 Å². The maximum Gasteiger partial charge on any atom is 0.227 e. The summed E-state index contributed by atoms with van der Waals surface area (Å²) in [5.74, 6) is 2.93. The van der Waals surface area contributed by atoms with Gasteiger partial charge in [0, 0.05) is 38.0 Å². The van der Waals surface area contributed by atoms with E-state index < -0.39 is 0 Å². The van der Waals surface area contributed by atoms with Crippen LogP contribution in [0.4, 0.5) is 11.8 Å². The molecule has 124 valence electrons. The summed E-state index contributed by atoms with van der Waals surface area (Å²) >= 11 is 0. The van der Waals surface area contributed by atoms with E-state index in [0.29, 0.717) is 0 Å². The Balaban J connectivity index is 2.05. The van der Waals surface area contributed by atoms with Gasteiger partial charge in [-0.05, 0) is 25.3 Å². The maximum atomic E-state index is 5.56. The Kier molecular flexibility index (Phi) is 4.84. The van der Waals surface area contributed by atoms with Crippen LogP contribution in [0.2, 0.25) is 0 Å². The van der Waals surface area contributed by atoms with E-state index in [4.69, 9.17) is 14.7 Å². The van der Waals surface area contributed by atoms with Gasteiger partial charge >= 0.3 is 0 Å². The first-order valence-corrected chi connectivity index (χ1v) is 8.48. The van der Waals surface area contributed by atoms with Gasteiger partial charge in [-0.1, -0.05) is 19.1 Å².